The smallest absolute Gasteiger partial charge is 0.354 e. The molecule has 108 valence electrons. The predicted octanol–water partition coefficient (Wildman–Crippen LogP) is 1.28. The fraction of sp³-hybridized carbons (Fsp3) is 0.0833. The molecule has 0 aromatic carbocycles. The second-order valence-electron chi connectivity index (χ2n) is 4.07. The molecule has 2 rings (SSSR count). The number of aromatic nitrogens is 2. The minimum atomic E-state index is -1.10. The number of aromatic carboxylic acids is 1. The Morgan fingerprint density at radius 2 is 2.14 bits per heavy atom. The van der Waals surface area contributed by atoms with Crippen LogP contribution in [0.3, 0.4) is 0 Å². The van der Waals surface area contributed by atoms with Gasteiger partial charge in [0.05, 0.1) is 4.92 Å². The van der Waals surface area contributed by atoms with Gasteiger partial charge in [-0.1, -0.05) is 6.07 Å². The molecule has 0 unspecified atom stereocenters. The minimum absolute atomic E-state index is 0.0449. The zero-order valence-electron chi connectivity index (χ0n) is 10.7. The average molecular weight is 289 g/mol. The van der Waals surface area contributed by atoms with E-state index in [1.807, 2.05) is 0 Å². The maximum atomic E-state index is 10.7. The molecule has 2 aromatic heterocycles. The minimum Gasteiger partial charge on any atom is -0.477 e. The number of carboxylic acid groups (broad SMARTS) is 1. The highest BCUT2D eigenvalue weighted by molar-refractivity contribution is 5.85. The van der Waals surface area contributed by atoms with E-state index in [9.17, 15) is 14.9 Å². The molecule has 0 spiro atoms. The second-order valence-corrected chi connectivity index (χ2v) is 4.07. The van der Waals surface area contributed by atoms with Gasteiger partial charge in [0.2, 0.25) is 5.82 Å². The fourth-order valence-electron chi connectivity index (χ4n) is 1.57. The Bertz CT molecular complexity index is 687. The molecule has 0 radical (unpaired) electrons. The summed E-state index contributed by atoms with van der Waals surface area (Å²) >= 11 is 0. The quantitative estimate of drug-likeness (QED) is 0.551. The highest BCUT2D eigenvalue weighted by atomic mass is 16.6. The Balaban J connectivity index is 2.04. The third kappa shape index (κ3) is 3.41. The van der Waals surface area contributed by atoms with E-state index in [0.717, 1.165) is 5.56 Å². The summed E-state index contributed by atoms with van der Waals surface area (Å²) in [5.74, 6) is -0.899. The molecule has 9 heteroatoms. The molecule has 0 saturated carbocycles. The number of nitrogens with one attached hydrogen (secondary N) is 1. The highest BCUT2D eigenvalue weighted by Crippen LogP contribution is 2.20. The van der Waals surface area contributed by atoms with Crippen molar-refractivity contribution in [1.82, 2.24) is 9.97 Å². The maximum absolute atomic E-state index is 10.7. The summed E-state index contributed by atoms with van der Waals surface area (Å²) in [6, 6.07) is 5.69. The molecule has 2 heterocycles. The molecule has 0 atom stereocenters. The number of nitrogens with zero attached hydrogens (tertiary/aromatic N) is 3. The standard InChI is InChI=1S/C12H11N5O4/c13-11-9(17(20)21)3-4-10(16-11)15-6-7-1-2-8(12(18)19)14-5-7/h1-5H,6H2,(H,18,19)(H3,13,15,16). The van der Waals surface area contributed by atoms with Gasteiger partial charge in [-0.15, -0.1) is 0 Å². The normalized spacial score (nSPS) is 10.1. The predicted molar refractivity (Wildman–Crippen MR) is 73.8 cm³/mol. The molecule has 9 nitrogen and oxygen atoms in total. The lowest BCUT2D eigenvalue weighted by molar-refractivity contribution is -0.384. The summed E-state index contributed by atoms with van der Waals surface area (Å²) in [6.45, 7) is 0.331. The van der Waals surface area contributed by atoms with Gasteiger partial charge in [-0.05, 0) is 17.7 Å². The van der Waals surface area contributed by atoms with Crippen molar-refractivity contribution in [3.05, 3.63) is 51.8 Å². The number of nitrogen functional groups attached to an aromatic ring is 1. The Hall–Kier alpha value is -3.23. The zero-order valence-corrected chi connectivity index (χ0v) is 10.7. The van der Waals surface area contributed by atoms with Gasteiger partial charge in [-0.25, -0.2) is 14.8 Å². The topological polar surface area (TPSA) is 144 Å². The van der Waals surface area contributed by atoms with E-state index in [1.54, 1.807) is 6.07 Å². The number of carboxylic acids is 1. The number of hydrogen-bond acceptors (Lipinski definition) is 7. The van der Waals surface area contributed by atoms with Gasteiger partial charge in [-0.2, -0.15) is 0 Å². The van der Waals surface area contributed by atoms with Crippen LogP contribution < -0.4 is 11.1 Å². The third-order valence-corrected chi connectivity index (χ3v) is 2.62. The van der Waals surface area contributed by atoms with Crippen molar-refractivity contribution in [3.8, 4) is 0 Å². The molecular weight excluding hydrogens is 278 g/mol. The van der Waals surface area contributed by atoms with Crippen LogP contribution in [0.4, 0.5) is 17.3 Å². The third-order valence-electron chi connectivity index (χ3n) is 2.62. The summed E-state index contributed by atoms with van der Waals surface area (Å²) in [5.41, 5.74) is 5.91. The van der Waals surface area contributed by atoms with Crippen molar-refractivity contribution in [2.75, 3.05) is 11.1 Å². The van der Waals surface area contributed by atoms with Gasteiger partial charge in [0.1, 0.15) is 11.5 Å². The molecule has 0 bridgehead atoms. The van der Waals surface area contributed by atoms with Crippen molar-refractivity contribution in [3.63, 3.8) is 0 Å². The number of hydrogen-bond donors (Lipinski definition) is 3. The lowest BCUT2D eigenvalue weighted by Gasteiger charge is -2.06. The molecule has 2 aromatic rings. The SMILES string of the molecule is Nc1nc(NCc2ccc(C(=O)O)nc2)ccc1[N+](=O)[O-]. The maximum Gasteiger partial charge on any atom is 0.354 e. The lowest BCUT2D eigenvalue weighted by atomic mass is 10.2. The molecule has 21 heavy (non-hydrogen) atoms. The van der Waals surface area contributed by atoms with Crippen molar-refractivity contribution in [2.24, 2.45) is 0 Å². The Morgan fingerprint density at radius 3 is 2.67 bits per heavy atom. The molecule has 0 aliphatic carbocycles. The Morgan fingerprint density at radius 1 is 1.38 bits per heavy atom. The van der Waals surface area contributed by atoms with Crippen molar-refractivity contribution in [1.29, 1.82) is 0 Å². The summed E-state index contributed by atoms with van der Waals surface area (Å²) in [7, 11) is 0. The number of pyridine rings is 2. The van der Waals surface area contributed by atoms with E-state index in [2.05, 4.69) is 15.3 Å². The van der Waals surface area contributed by atoms with Crippen LogP contribution in [0.2, 0.25) is 0 Å². The van der Waals surface area contributed by atoms with Crippen LogP contribution >= 0.6 is 0 Å². The molecule has 0 saturated heterocycles. The molecular formula is C12H11N5O4. The van der Waals surface area contributed by atoms with Crippen LogP contribution in [0, 0.1) is 10.1 Å². The van der Waals surface area contributed by atoms with Crippen molar-refractivity contribution in [2.45, 2.75) is 6.54 Å². The summed E-state index contributed by atoms with van der Waals surface area (Å²) in [5, 5.41) is 22.3. The van der Waals surface area contributed by atoms with Crippen molar-refractivity contribution >= 4 is 23.3 Å². The summed E-state index contributed by atoms with van der Waals surface area (Å²) in [4.78, 5) is 28.3. The number of carbonyl (C=O) groups is 1. The lowest BCUT2D eigenvalue weighted by Crippen LogP contribution is -2.06. The number of nitro groups is 1. The van der Waals surface area contributed by atoms with Gasteiger partial charge >= 0.3 is 11.7 Å². The molecule has 0 amide bonds. The summed E-state index contributed by atoms with van der Waals surface area (Å²) < 4.78 is 0. The largest absolute Gasteiger partial charge is 0.477 e. The Kier molecular flexibility index (Phi) is 3.93. The Labute approximate surface area is 118 Å². The average Bonchev–Trinajstić information content (AvgIpc) is 2.45. The van der Waals surface area contributed by atoms with Crippen LogP contribution in [0.25, 0.3) is 0 Å². The zero-order chi connectivity index (χ0) is 15.4. The van der Waals surface area contributed by atoms with Crippen LogP contribution in [0.15, 0.2) is 30.5 Å². The molecule has 0 aliphatic rings. The van der Waals surface area contributed by atoms with E-state index in [1.165, 1.54) is 24.4 Å². The van der Waals surface area contributed by atoms with Gasteiger partial charge in [-0.3, -0.25) is 10.1 Å². The van der Waals surface area contributed by atoms with Crippen LogP contribution in [0.5, 0.6) is 0 Å². The van der Waals surface area contributed by atoms with Gasteiger partial charge < -0.3 is 16.2 Å². The molecule has 4 N–H and O–H groups in total. The molecule has 0 fully saturated rings. The van der Waals surface area contributed by atoms with Crippen LogP contribution in [-0.2, 0) is 6.54 Å². The van der Waals surface area contributed by atoms with E-state index in [-0.39, 0.29) is 17.2 Å². The first-order chi connectivity index (χ1) is 9.97. The number of anilines is 2. The fourth-order valence-corrected chi connectivity index (χ4v) is 1.57. The van der Waals surface area contributed by atoms with E-state index in [4.69, 9.17) is 10.8 Å². The van der Waals surface area contributed by atoms with E-state index in [0.29, 0.717) is 12.4 Å². The van der Waals surface area contributed by atoms with Gasteiger partial charge in [0.15, 0.2) is 0 Å². The first-order valence-corrected chi connectivity index (χ1v) is 5.80. The number of rotatable bonds is 5. The van der Waals surface area contributed by atoms with E-state index >= 15 is 0 Å². The van der Waals surface area contributed by atoms with Crippen molar-refractivity contribution < 1.29 is 14.8 Å². The monoisotopic (exact) mass is 289 g/mol. The first kappa shape index (κ1) is 14.2. The first-order valence-electron chi connectivity index (χ1n) is 5.80. The van der Waals surface area contributed by atoms with Gasteiger partial charge in [0, 0.05) is 18.8 Å². The second kappa shape index (κ2) is 5.82. The van der Waals surface area contributed by atoms with Crippen LogP contribution in [-0.4, -0.2) is 26.0 Å². The van der Waals surface area contributed by atoms with E-state index < -0.39 is 10.9 Å². The number of nitrogens with two attached hydrogens (primary N) is 1. The van der Waals surface area contributed by atoms with Gasteiger partial charge in [0.25, 0.3) is 0 Å². The molecule has 0 aliphatic heterocycles. The van der Waals surface area contributed by atoms with Crippen LogP contribution in [0.1, 0.15) is 16.1 Å². The highest BCUT2D eigenvalue weighted by Gasteiger charge is 2.12. The summed E-state index contributed by atoms with van der Waals surface area (Å²) in [6.07, 6.45) is 1.42.